The lowest BCUT2D eigenvalue weighted by Crippen LogP contribution is -2.41. The van der Waals surface area contributed by atoms with Crippen molar-refractivity contribution in [3.05, 3.63) is 23.9 Å². The quantitative estimate of drug-likeness (QED) is 0.673. The predicted octanol–water partition coefficient (Wildman–Crippen LogP) is 1.28. The Labute approximate surface area is 131 Å². The fraction of sp³-hybridized carbons (Fsp3) is 0.625. The average molecular weight is 304 g/mol. The summed E-state index contributed by atoms with van der Waals surface area (Å²) in [6.07, 6.45) is 2.35. The lowest BCUT2D eigenvalue weighted by molar-refractivity contribution is 0.156. The van der Waals surface area contributed by atoms with Crippen molar-refractivity contribution in [2.24, 2.45) is 10.4 Å². The van der Waals surface area contributed by atoms with Crippen LogP contribution in [0.1, 0.15) is 18.5 Å². The molecule has 0 aromatic carbocycles. The first-order chi connectivity index (χ1) is 10.7. The highest BCUT2D eigenvalue weighted by molar-refractivity contribution is 5.80. The summed E-state index contributed by atoms with van der Waals surface area (Å²) in [5, 5.41) is 3.40. The molecule has 2 aliphatic rings. The van der Waals surface area contributed by atoms with Crippen molar-refractivity contribution in [1.29, 1.82) is 0 Å². The maximum Gasteiger partial charge on any atom is 0.213 e. The molecule has 1 aromatic heterocycles. The third kappa shape index (κ3) is 3.16. The van der Waals surface area contributed by atoms with Crippen molar-refractivity contribution in [2.45, 2.75) is 19.4 Å². The first-order valence-corrected chi connectivity index (χ1v) is 7.78. The lowest BCUT2D eigenvalue weighted by Gasteiger charge is -2.24. The first-order valence-electron chi connectivity index (χ1n) is 7.78. The second-order valence-electron chi connectivity index (χ2n) is 6.05. The summed E-state index contributed by atoms with van der Waals surface area (Å²) in [6, 6.07) is 5.79. The summed E-state index contributed by atoms with van der Waals surface area (Å²) < 4.78 is 10.7. The molecule has 0 aliphatic carbocycles. The molecule has 2 fully saturated rings. The van der Waals surface area contributed by atoms with E-state index >= 15 is 0 Å². The van der Waals surface area contributed by atoms with Gasteiger partial charge in [-0.25, -0.2) is 4.98 Å². The van der Waals surface area contributed by atoms with Crippen LogP contribution < -0.4 is 10.1 Å². The number of ether oxygens (including phenoxy) is 2. The highest BCUT2D eigenvalue weighted by atomic mass is 16.5. The number of guanidine groups is 1. The van der Waals surface area contributed by atoms with Gasteiger partial charge in [-0.2, -0.15) is 0 Å². The molecule has 1 atom stereocenters. The van der Waals surface area contributed by atoms with Gasteiger partial charge in [0.15, 0.2) is 5.96 Å². The molecule has 2 saturated heterocycles. The van der Waals surface area contributed by atoms with E-state index in [0.29, 0.717) is 17.8 Å². The van der Waals surface area contributed by atoms with Crippen molar-refractivity contribution >= 4 is 5.96 Å². The molecule has 6 heteroatoms. The zero-order valence-electron chi connectivity index (χ0n) is 13.3. The SMILES string of the molecule is CN=C(NCc1cccc(OC)n1)N1CCC2(CCOC2)C1. The monoisotopic (exact) mass is 304 g/mol. The van der Waals surface area contributed by atoms with Gasteiger partial charge in [-0.15, -0.1) is 0 Å². The van der Waals surface area contributed by atoms with E-state index in [1.54, 1.807) is 7.11 Å². The Kier molecular flexibility index (Phi) is 4.47. The van der Waals surface area contributed by atoms with Crippen LogP contribution in [0.25, 0.3) is 0 Å². The van der Waals surface area contributed by atoms with Gasteiger partial charge in [0.05, 0.1) is 26.0 Å². The summed E-state index contributed by atoms with van der Waals surface area (Å²) >= 11 is 0. The molecule has 0 amide bonds. The smallest absolute Gasteiger partial charge is 0.213 e. The van der Waals surface area contributed by atoms with Gasteiger partial charge < -0.3 is 19.7 Å². The Morgan fingerprint density at radius 2 is 2.41 bits per heavy atom. The maximum absolute atomic E-state index is 5.59. The molecule has 1 spiro atoms. The van der Waals surface area contributed by atoms with Crippen molar-refractivity contribution in [2.75, 3.05) is 40.5 Å². The van der Waals surface area contributed by atoms with Gasteiger partial charge in [-0.3, -0.25) is 4.99 Å². The number of methoxy groups -OCH3 is 1. The minimum absolute atomic E-state index is 0.339. The number of nitrogens with one attached hydrogen (secondary N) is 1. The molecule has 6 nitrogen and oxygen atoms in total. The maximum atomic E-state index is 5.59. The van der Waals surface area contributed by atoms with Gasteiger partial charge in [-0.1, -0.05) is 6.07 Å². The van der Waals surface area contributed by atoms with Crippen molar-refractivity contribution < 1.29 is 9.47 Å². The van der Waals surface area contributed by atoms with E-state index < -0.39 is 0 Å². The minimum Gasteiger partial charge on any atom is -0.481 e. The van der Waals surface area contributed by atoms with E-state index in [-0.39, 0.29) is 0 Å². The molecule has 3 heterocycles. The summed E-state index contributed by atoms with van der Waals surface area (Å²) in [6.45, 7) is 4.49. The van der Waals surface area contributed by atoms with Crippen LogP contribution in [0.4, 0.5) is 0 Å². The zero-order chi connectivity index (χ0) is 15.4. The largest absolute Gasteiger partial charge is 0.481 e. The molecular weight excluding hydrogens is 280 g/mol. The standard InChI is InChI=1S/C16H24N4O2/c1-17-15(18-10-13-4-3-5-14(19-13)21-2)20-8-6-16(11-20)7-9-22-12-16/h3-5H,6-12H2,1-2H3,(H,17,18). The van der Waals surface area contributed by atoms with Crippen LogP contribution in [0.15, 0.2) is 23.2 Å². The Hall–Kier alpha value is -1.82. The number of hydrogen-bond donors (Lipinski definition) is 1. The van der Waals surface area contributed by atoms with Gasteiger partial charge in [0.25, 0.3) is 0 Å². The van der Waals surface area contributed by atoms with Crippen molar-refractivity contribution in [1.82, 2.24) is 15.2 Å². The van der Waals surface area contributed by atoms with Crippen molar-refractivity contribution in [3.63, 3.8) is 0 Å². The fourth-order valence-electron chi connectivity index (χ4n) is 3.26. The van der Waals surface area contributed by atoms with E-state index in [4.69, 9.17) is 9.47 Å². The van der Waals surface area contributed by atoms with Gasteiger partial charge in [0, 0.05) is 38.2 Å². The highest BCUT2D eigenvalue weighted by Crippen LogP contribution is 2.38. The molecule has 1 unspecified atom stereocenters. The summed E-state index contributed by atoms with van der Waals surface area (Å²) in [4.78, 5) is 11.2. The third-order valence-corrected chi connectivity index (χ3v) is 4.55. The number of hydrogen-bond acceptors (Lipinski definition) is 4. The molecule has 0 saturated carbocycles. The van der Waals surface area contributed by atoms with E-state index in [1.807, 2.05) is 25.2 Å². The molecule has 3 rings (SSSR count). The van der Waals surface area contributed by atoms with Crippen LogP contribution in [0, 0.1) is 5.41 Å². The Bertz CT molecular complexity index is 541. The van der Waals surface area contributed by atoms with Crippen LogP contribution >= 0.6 is 0 Å². The Morgan fingerprint density at radius 3 is 3.14 bits per heavy atom. The number of rotatable bonds is 3. The minimum atomic E-state index is 0.339. The molecule has 22 heavy (non-hydrogen) atoms. The van der Waals surface area contributed by atoms with E-state index in [0.717, 1.165) is 44.4 Å². The fourth-order valence-corrected chi connectivity index (χ4v) is 3.26. The van der Waals surface area contributed by atoms with Crippen LogP contribution in [-0.2, 0) is 11.3 Å². The second kappa shape index (κ2) is 6.52. The van der Waals surface area contributed by atoms with Crippen molar-refractivity contribution in [3.8, 4) is 5.88 Å². The first kappa shape index (κ1) is 15.1. The molecule has 120 valence electrons. The van der Waals surface area contributed by atoms with E-state index in [2.05, 4.69) is 20.2 Å². The number of pyridine rings is 1. The Balaban J connectivity index is 1.58. The van der Waals surface area contributed by atoms with E-state index in [1.165, 1.54) is 6.42 Å². The number of nitrogens with zero attached hydrogens (tertiary/aromatic N) is 3. The van der Waals surface area contributed by atoms with Gasteiger partial charge >= 0.3 is 0 Å². The van der Waals surface area contributed by atoms with Gasteiger partial charge in [-0.05, 0) is 18.9 Å². The summed E-state index contributed by atoms with van der Waals surface area (Å²) in [5.74, 6) is 1.57. The van der Waals surface area contributed by atoms with Gasteiger partial charge in [0.2, 0.25) is 5.88 Å². The Morgan fingerprint density at radius 1 is 1.50 bits per heavy atom. The summed E-state index contributed by atoms with van der Waals surface area (Å²) in [5.41, 5.74) is 1.28. The zero-order valence-corrected chi connectivity index (χ0v) is 13.3. The number of likely N-dealkylation sites (tertiary alicyclic amines) is 1. The average Bonchev–Trinajstić information content (AvgIpc) is 3.19. The summed E-state index contributed by atoms with van der Waals surface area (Å²) in [7, 11) is 3.46. The lowest BCUT2D eigenvalue weighted by atomic mass is 9.87. The van der Waals surface area contributed by atoms with Gasteiger partial charge in [0.1, 0.15) is 0 Å². The molecular formula is C16H24N4O2. The third-order valence-electron chi connectivity index (χ3n) is 4.55. The molecule has 1 N–H and O–H groups in total. The van der Waals surface area contributed by atoms with Crippen LogP contribution in [0.3, 0.4) is 0 Å². The predicted molar refractivity (Wildman–Crippen MR) is 85.0 cm³/mol. The number of aliphatic imine (C=N–C) groups is 1. The van der Waals surface area contributed by atoms with Crippen LogP contribution in [0.2, 0.25) is 0 Å². The van der Waals surface area contributed by atoms with Crippen LogP contribution in [0.5, 0.6) is 5.88 Å². The topological polar surface area (TPSA) is 59.0 Å². The molecule has 0 bridgehead atoms. The second-order valence-corrected chi connectivity index (χ2v) is 6.05. The molecule has 1 aromatic rings. The highest BCUT2D eigenvalue weighted by Gasteiger charge is 2.42. The van der Waals surface area contributed by atoms with E-state index in [9.17, 15) is 0 Å². The number of aromatic nitrogens is 1. The van der Waals surface area contributed by atoms with Crippen LogP contribution in [-0.4, -0.2) is 56.3 Å². The normalized spacial score (nSPS) is 25.0. The molecule has 0 radical (unpaired) electrons. The molecule has 2 aliphatic heterocycles.